The van der Waals surface area contributed by atoms with Crippen molar-refractivity contribution < 1.29 is 4.39 Å². The Hall–Kier alpha value is -0.540. The molecular formula is C11H14FNS. The van der Waals surface area contributed by atoms with Gasteiger partial charge in [-0.3, -0.25) is 0 Å². The second-order valence-corrected chi connectivity index (χ2v) is 5.09. The molecule has 0 amide bonds. The molecule has 0 spiro atoms. The molecular weight excluding hydrogens is 197 g/mol. The molecule has 2 N–H and O–H groups in total. The van der Waals surface area contributed by atoms with Gasteiger partial charge in [-0.1, -0.05) is 6.07 Å². The van der Waals surface area contributed by atoms with Crippen molar-refractivity contribution in [2.24, 2.45) is 5.73 Å². The number of hydrogen-bond acceptors (Lipinski definition) is 2. The van der Waals surface area contributed by atoms with Crippen LogP contribution in [0.15, 0.2) is 29.2 Å². The summed E-state index contributed by atoms with van der Waals surface area (Å²) in [5.41, 5.74) is 6.06. The molecule has 2 rings (SSSR count). The molecule has 0 unspecified atom stereocenters. The predicted molar refractivity (Wildman–Crippen MR) is 57.9 cm³/mol. The molecule has 0 saturated heterocycles. The molecule has 1 saturated carbocycles. The minimum atomic E-state index is -0.163. The van der Waals surface area contributed by atoms with Crippen LogP contribution in [0.2, 0.25) is 0 Å². The van der Waals surface area contributed by atoms with Crippen molar-refractivity contribution in [3.8, 4) is 0 Å². The van der Waals surface area contributed by atoms with Crippen LogP contribution in [0, 0.1) is 5.82 Å². The SMILES string of the molecule is NC1(CCSc2cccc(F)c2)CC1. The lowest BCUT2D eigenvalue weighted by molar-refractivity contribution is 0.624. The quantitative estimate of drug-likeness (QED) is 0.775. The van der Waals surface area contributed by atoms with Gasteiger partial charge in [-0.05, 0) is 43.2 Å². The first kappa shape index (κ1) is 9.99. The van der Waals surface area contributed by atoms with E-state index in [4.69, 9.17) is 5.73 Å². The lowest BCUT2D eigenvalue weighted by atomic mass is 10.2. The third-order valence-electron chi connectivity index (χ3n) is 2.56. The first-order chi connectivity index (χ1) is 6.68. The number of rotatable bonds is 4. The minimum Gasteiger partial charge on any atom is -0.325 e. The Morgan fingerprint density at radius 2 is 2.21 bits per heavy atom. The van der Waals surface area contributed by atoms with Gasteiger partial charge in [-0.2, -0.15) is 0 Å². The molecule has 14 heavy (non-hydrogen) atoms. The molecule has 0 aliphatic heterocycles. The van der Waals surface area contributed by atoms with Crippen molar-refractivity contribution >= 4 is 11.8 Å². The van der Waals surface area contributed by atoms with E-state index in [1.807, 2.05) is 6.07 Å². The molecule has 1 fully saturated rings. The molecule has 1 aromatic carbocycles. The zero-order chi connectivity index (χ0) is 10.0. The monoisotopic (exact) mass is 211 g/mol. The van der Waals surface area contributed by atoms with E-state index in [1.54, 1.807) is 23.9 Å². The molecule has 0 heterocycles. The molecule has 1 aliphatic rings. The molecule has 76 valence electrons. The fourth-order valence-corrected chi connectivity index (χ4v) is 2.45. The maximum atomic E-state index is 12.8. The van der Waals surface area contributed by atoms with E-state index >= 15 is 0 Å². The fourth-order valence-electron chi connectivity index (χ4n) is 1.34. The highest BCUT2D eigenvalue weighted by Gasteiger charge is 2.37. The molecule has 3 heteroatoms. The van der Waals surface area contributed by atoms with E-state index in [0.717, 1.165) is 29.9 Å². The summed E-state index contributed by atoms with van der Waals surface area (Å²) >= 11 is 1.68. The average Bonchev–Trinajstić information content (AvgIpc) is 2.84. The Bertz CT molecular complexity index is 323. The van der Waals surface area contributed by atoms with Crippen LogP contribution in [0.5, 0.6) is 0 Å². The lowest BCUT2D eigenvalue weighted by Crippen LogP contribution is -2.21. The molecule has 1 aliphatic carbocycles. The van der Waals surface area contributed by atoms with E-state index in [9.17, 15) is 4.39 Å². The summed E-state index contributed by atoms with van der Waals surface area (Å²) in [5, 5.41) is 0. The third-order valence-corrected chi connectivity index (χ3v) is 3.55. The van der Waals surface area contributed by atoms with Gasteiger partial charge in [0.1, 0.15) is 5.82 Å². The zero-order valence-electron chi connectivity index (χ0n) is 8.00. The van der Waals surface area contributed by atoms with E-state index in [-0.39, 0.29) is 11.4 Å². The van der Waals surface area contributed by atoms with E-state index in [0.29, 0.717) is 0 Å². The van der Waals surface area contributed by atoms with Crippen LogP contribution in [0.3, 0.4) is 0 Å². The fraction of sp³-hybridized carbons (Fsp3) is 0.455. The summed E-state index contributed by atoms with van der Waals surface area (Å²) in [6.07, 6.45) is 3.33. The van der Waals surface area contributed by atoms with Crippen LogP contribution in [-0.4, -0.2) is 11.3 Å². The Morgan fingerprint density at radius 3 is 2.86 bits per heavy atom. The highest BCUT2D eigenvalue weighted by atomic mass is 32.2. The second kappa shape index (κ2) is 3.91. The summed E-state index contributed by atoms with van der Waals surface area (Å²) < 4.78 is 12.8. The van der Waals surface area contributed by atoms with Crippen molar-refractivity contribution in [1.29, 1.82) is 0 Å². The topological polar surface area (TPSA) is 26.0 Å². The minimum absolute atomic E-state index is 0.111. The Morgan fingerprint density at radius 1 is 1.43 bits per heavy atom. The number of nitrogens with two attached hydrogens (primary N) is 1. The zero-order valence-corrected chi connectivity index (χ0v) is 8.82. The van der Waals surface area contributed by atoms with Gasteiger partial charge < -0.3 is 5.73 Å². The van der Waals surface area contributed by atoms with Gasteiger partial charge in [0.15, 0.2) is 0 Å². The highest BCUT2D eigenvalue weighted by Crippen LogP contribution is 2.37. The number of benzene rings is 1. The predicted octanol–water partition coefficient (Wildman–Crippen LogP) is 2.80. The van der Waals surface area contributed by atoms with Crippen LogP contribution in [0.1, 0.15) is 19.3 Å². The van der Waals surface area contributed by atoms with Crippen LogP contribution in [0.25, 0.3) is 0 Å². The summed E-state index contributed by atoms with van der Waals surface area (Å²) in [4.78, 5) is 0.995. The van der Waals surface area contributed by atoms with E-state index in [1.165, 1.54) is 6.07 Å². The van der Waals surface area contributed by atoms with Crippen LogP contribution >= 0.6 is 11.8 Å². The standard InChI is InChI=1S/C11H14FNS/c12-9-2-1-3-10(8-9)14-7-6-11(13)4-5-11/h1-3,8H,4-7,13H2. The normalized spacial score (nSPS) is 18.1. The van der Waals surface area contributed by atoms with Crippen molar-refractivity contribution in [2.75, 3.05) is 5.75 Å². The number of hydrogen-bond donors (Lipinski definition) is 1. The molecule has 1 aromatic rings. The van der Waals surface area contributed by atoms with E-state index < -0.39 is 0 Å². The van der Waals surface area contributed by atoms with Crippen LogP contribution in [-0.2, 0) is 0 Å². The number of halogens is 1. The second-order valence-electron chi connectivity index (χ2n) is 3.92. The Kier molecular flexibility index (Phi) is 2.79. The van der Waals surface area contributed by atoms with Crippen molar-refractivity contribution in [3.63, 3.8) is 0 Å². The largest absolute Gasteiger partial charge is 0.325 e. The first-order valence-corrected chi connectivity index (χ1v) is 5.84. The molecule has 0 bridgehead atoms. The van der Waals surface area contributed by atoms with Crippen LogP contribution in [0.4, 0.5) is 4.39 Å². The van der Waals surface area contributed by atoms with Gasteiger partial charge in [0, 0.05) is 10.4 Å². The maximum absolute atomic E-state index is 12.8. The summed E-state index contributed by atoms with van der Waals surface area (Å²) in [6, 6.07) is 6.72. The van der Waals surface area contributed by atoms with Gasteiger partial charge in [0.25, 0.3) is 0 Å². The van der Waals surface area contributed by atoms with E-state index in [2.05, 4.69) is 0 Å². The maximum Gasteiger partial charge on any atom is 0.124 e. The Labute approximate surface area is 87.9 Å². The van der Waals surface area contributed by atoms with Gasteiger partial charge in [0.05, 0.1) is 0 Å². The summed E-state index contributed by atoms with van der Waals surface area (Å²) in [7, 11) is 0. The van der Waals surface area contributed by atoms with Gasteiger partial charge >= 0.3 is 0 Å². The van der Waals surface area contributed by atoms with Crippen LogP contribution < -0.4 is 5.73 Å². The van der Waals surface area contributed by atoms with Crippen molar-refractivity contribution in [3.05, 3.63) is 30.1 Å². The van der Waals surface area contributed by atoms with Crippen molar-refractivity contribution in [2.45, 2.75) is 29.7 Å². The molecule has 0 radical (unpaired) electrons. The van der Waals surface area contributed by atoms with Crippen molar-refractivity contribution in [1.82, 2.24) is 0 Å². The smallest absolute Gasteiger partial charge is 0.124 e. The average molecular weight is 211 g/mol. The third kappa shape index (κ3) is 2.72. The lowest BCUT2D eigenvalue weighted by Gasteiger charge is -2.07. The molecule has 0 aromatic heterocycles. The summed E-state index contributed by atoms with van der Waals surface area (Å²) in [6.45, 7) is 0. The highest BCUT2D eigenvalue weighted by molar-refractivity contribution is 7.99. The Balaban J connectivity index is 1.80. The van der Waals surface area contributed by atoms with Gasteiger partial charge in [-0.15, -0.1) is 11.8 Å². The molecule has 1 nitrogen and oxygen atoms in total. The molecule has 0 atom stereocenters. The number of thioether (sulfide) groups is 1. The first-order valence-electron chi connectivity index (χ1n) is 4.85. The van der Waals surface area contributed by atoms with Gasteiger partial charge in [-0.25, -0.2) is 4.39 Å². The summed E-state index contributed by atoms with van der Waals surface area (Å²) in [5.74, 6) is 0.823. The van der Waals surface area contributed by atoms with Gasteiger partial charge in [0.2, 0.25) is 0 Å².